The van der Waals surface area contributed by atoms with E-state index in [4.69, 9.17) is 19.9 Å². The lowest BCUT2D eigenvalue weighted by molar-refractivity contribution is -0.131. The Hall–Kier alpha value is -3.46. The van der Waals surface area contributed by atoms with Crippen LogP contribution in [0.3, 0.4) is 0 Å². The van der Waals surface area contributed by atoms with Crippen molar-refractivity contribution in [3.05, 3.63) is 58.6 Å². The average Bonchev–Trinajstić information content (AvgIpc) is 3.02. The molecule has 8 nitrogen and oxygen atoms in total. The van der Waals surface area contributed by atoms with E-state index in [0.717, 1.165) is 16.7 Å². The third kappa shape index (κ3) is 2.73. The first kappa shape index (κ1) is 19.5. The second-order valence-corrected chi connectivity index (χ2v) is 8.48. The summed E-state index contributed by atoms with van der Waals surface area (Å²) in [7, 11) is 2.98. The number of hydrogen-bond donors (Lipinski definition) is 1. The molecule has 3 aliphatic heterocycles. The van der Waals surface area contributed by atoms with E-state index in [1.165, 1.54) is 14.2 Å². The normalized spacial score (nSPS) is 24.4. The number of esters is 1. The molecule has 9 heteroatoms. The highest BCUT2D eigenvalue weighted by atomic mass is 32.2. The second kappa shape index (κ2) is 7.05. The SMILES string of the molecule is COc1ccc(N2C(=O)[C@H]3[C@@H]4C(=C(N)S[C@H]3C2=O)C(=O)Oc2ccccc24)cc1OC. The maximum absolute atomic E-state index is 13.6. The molecule has 5 rings (SSSR count). The number of carbonyl (C=O) groups is 3. The van der Waals surface area contributed by atoms with Gasteiger partial charge in [0.25, 0.3) is 0 Å². The minimum atomic E-state index is -0.776. The summed E-state index contributed by atoms with van der Waals surface area (Å²) < 4.78 is 16.0. The zero-order valence-corrected chi connectivity index (χ0v) is 17.5. The van der Waals surface area contributed by atoms with Gasteiger partial charge >= 0.3 is 5.97 Å². The maximum atomic E-state index is 13.6. The largest absolute Gasteiger partial charge is 0.493 e. The number of amides is 2. The molecule has 0 unspecified atom stereocenters. The summed E-state index contributed by atoms with van der Waals surface area (Å²) in [5.74, 6) is -1.53. The molecular formula is C22H18N2O6S. The van der Waals surface area contributed by atoms with Crippen molar-refractivity contribution < 1.29 is 28.6 Å². The number of hydrogen-bond acceptors (Lipinski definition) is 8. The van der Waals surface area contributed by atoms with Crippen LogP contribution in [0.15, 0.2) is 53.1 Å². The van der Waals surface area contributed by atoms with Gasteiger partial charge in [-0.25, -0.2) is 9.69 Å². The Morgan fingerprint density at radius 3 is 2.48 bits per heavy atom. The van der Waals surface area contributed by atoms with Gasteiger partial charge in [0.2, 0.25) is 11.8 Å². The Bertz CT molecular complexity index is 1180. The van der Waals surface area contributed by atoms with Crippen LogP contribution in [0.2, 0.25) is 0 Å². The summed E-state index contributed by atoms with van der Waals surface area (Å²) in [4.78, 5) is 40.7. The number of fused-ring (bicyclic) bond motifs is 5. The fourth-order valence-electron chi connectivity index (χ4n) is 4.42. The minimum absolute atomic E-state index is 0.209. The van der Waals surface area contributed by atoms with E-state index in [-0.39, 0.29) is 16.5 Å². The lowest BCUT2D eigenvalue weighted by atomic mass is 9.77. The van der Waals surface area contributed by atoms with Crippen LogP contribution in [-0.2, 0) is 14.4 Å². The van der Waals surface area contributed by atoms with Crippen LogP contribution in [0.5, 0.6) is 17.2 Å². The molecule has 0 radical (unpaired) electrons. The van der Waals surface area contributed by atoms with E-state index >= 15 is 0 Å². The molecule has 0 bridgehead atoms. The van der Waals surface area contributed by atoms with Crippen LogP contribution in [0, 0.1) is 5.92 Å². The van der Waals surface area contributed by atoms with Gasteiger partial charge in [-0.05, 0) is 18.2 Å². The number of thioether (sulfide) groups is 1. The maximum Gasteiger partial charge on any atom is 0.342 e. The van der Waals surface area contributed by atoms with Crippen molar-refractivity contribution in [3.8, 4) is 17.2 Å². The average molecular weight is 438 g/mol. The van der Waals surface area contributed by atoms with Crippen molar-refractivity contribution in [3.63, 3.8) is 0 Å². The summed E-state index contributed by atoms with van der Waals surface area (Å²) in [6.45, 7) is 0. The van der Waals surface area contributed by atoms with Crippen LogP contribution in [0.4, 0.5) is 5.69 Å². The van der Waals surface area contributed by atoms with Gasteiger partial charge < -0.3 is 19.9 Å². The minimum Gasteiger partial charge on any atom is -0.493 e. The first-order valence-corrected chi connectivity index (χ1v) is 10.4. The Morgan fingerprint density at radius 2 is 1.74 bits per heavy atom. The predicted octanol–water partition coefficient (Wildman–Crippen LogP) is 2.18. The van der Waals surface area contributed by atoms with Gasteiger partial charge in [-0.2, -0.15) is 0 Å². The van der Waals surface area contributed by atoms with Gasteiger partial charge in [-0.3, -0.25) is 9.59 Å². The fraction of sp³-hybridized carbons (Fsp3) is 0.227. The number of para-hydroxylation sites is 1. The molecule has 3 atom stereocenters. The summed E-state index contributed by atoms with van der Waals surface area (Å²) in [6, 6.07) is 11.9. The number of anilines is 1. The molecule has 2 amide bonds. The standard InChI is InChI=1S/C22H18N2O6S/c1-28-13-8-7-10(9-14(13)29-2)24-20(25)16-15-11-5-3-4-6-12(11)30-22(27)17(15)19(23)31-18(16)21(24)26/h3-9,15-16,18H,23H2,1-2H3/t15-,16+,18-/m1/s1. The topological polar surface area (TPSA) is 108 Å². The monoisotopic (exact) mass is 438 g/mol. The summed E-state index contributed by atoms with van der Waals surface area (Å²) in [6.07, 6.45) is 0. The highest BCUT2D eigenvalue weighted by Crippen LogP contribution is 2.54. The zero-order chi connectivity index (χ0) is 21.9. The fourth-order valence-corrected chi connectivity index (χ4v) is 5.66. The smallest absolute Gasteiger partial charge is 0.342 e. The first-order valence-electron chi connectivity index (χ1n) is 9.53. The molecule has 0 aromatic heterocycles. The number of methoxy groups -OCH3 is 2. The van der Waals surface area contributed by atoms with Crippen molar-refractivity contribution in [2.24, 2.45) is 11.7 Å². The summed E-state index contributed by atoms with van der Waals surface area (Å²) in [5, 5.41) is -0.533. The van der Waals surface area contributed by atoms with Gasteiger partial charge in [0.05, 0.1) is 36.4 Å². The van der Waals surface area contributed by atoms with Crippen molar-refractivity contribution in [2.45, 2.75) is 11.2 Å². The van der Waals surface area contributed by atoms with Gasteiger partial charge in [-0.1, -0.05) is 30.0 Å². The van der Waals surface area contributed by atoms with E-state index in [1.54, 1.807) is 42.5 Å². The van der Waals surface area contributed by atoms with Crippen LogP contribution < -0.4 is 24.8 Å². The van der Waals surface area contributed by atoms with Crippen molar-refractivity contribution in [1.29, 1.82) is 0 Å². The molecule has 1 fully saturated rings. The molecule has 0 saturated carbocycles. The lowest BCUT2D eigenvalue weighted by Crippen LogP contribution is -2.39. The third-order valence-electron chi connectivity index (χ3n) is 5.79. The Balaban J connectivity index is 1.62. The number of carbonyl (C=O) groups excluding carboxylic acids is 3. The summed E-state index contributed by atoms with van der Waals surface area (Å²) in [5.41, 5.74) is 7.47. The van der Waals surface area contributed by atoms with Gasteiger partial charge in [-0.15, -0.1) is 0 Å². The van der Waals surface area contributed by atoms with Gasteiger partial charge in [0.1, 0.15) is 11.0 Å². The van der Waals surface area contributed by atoms with Gasteiger partial charge in [0, 0.05) is 17.5 Å². The van der Waals surface area contributed by atoms with Crippen LogP contribution in [0.25, 0.3) is 0 Å². The molecular weight excluding hydrogens is 420 g/mol. The van der Waals surface area contributed by atoms with E-state index in [2.05, 4.69) is 0 Å². The number of rotatable bonds is 3. The molecule has 158 valence electrons. The number of imide groups is 1. The van der Waals surface area contributed by atoms with Crippen LogP contribution in [-0.4, -0.2) is 37.3 Å². The van der Waals surface area contributed by atoms with E-state index in [1.807, 2.05) is 0 Å². The first-order chi connectivity index (χ1) is 15.0. The quantitative estimate of drug-likeness (QED) is 0.441. The molecule has 0 aliphatic carbocycles. The Morgan fingerprint density at radius 1 is 1.00 bits per heavy atom. The third-order valence-corrected chi connectivity index (χ3v) is 7.01. The van der Waals surface area contributed by atoms with E-state index in [0.29, 0.717) is 28.5 Å². The van der Waals surface area contributed by atoms with Crippen molar-refractivity contribution in [2.75, 3.05) is 19.1 Å². The zero-order valence-electron chi connectivity index (χ0n) is 16.7. The predicted molar refractivity (Wildman–Crippen MR) is 113 cm³/mol. The van der Waals surface area contributed by atoms with E-state index < -0.39 is 29.0 Å². The van der Waals surface area contributed by atoms with Crippen LogP contribution >= 0.6 is 11.8 Å². The van der Waals surface area contributed by atoms with Crippen molar-refractivity contribution >= 4 is 35.2 Å². The number of nitrogens with zero attached hydrogens (tertiary/aromatic N) is 1. The van der Waals surface area contributed by atoms with Crippen molar-refractivity contribution in [1.82, 2.24) is 0 Å². The molecule has 2 aromatic carbocycles. The Kier molecular flexibility index (Phi) is 4.44. The molecule has 2 N–H and O–H groups in total. The van der Waals surface area contributed by atoms with Gasteiger partial charge in [0.15, 0.2) is 11.5 Å². The molecule has 31 heavy (non-hydrogen) atoms. The van der Waals surface area contributed by atoms with E-state index in [9.17, 15) is 14.4 Å². The summed E-state index contributed by atoms with van der Waals surface area (Å²) >= 11 is 1.04. The molecule has 3 heterocycles. The molecule has 3 aliphatic rings. The molecule has 0 spiro atoms. The molecule has 2 aromatic rings. The number of benzene rings is 2. The van der Waals surface area contributed by atoms with Crippen LogP contribution in [0.1, 0.15) is 11.5 Å². The lowest BCUT2D eigenvalue weighted by Gasteiger charge is -2.36. The second-order valence-electron chi connectivity index (χ2n) is 7.30. The number of ether oxygens (including phenoxy) is 3. The Labute approximate surface area is 181 Å². The molecule has 1 saturated heterocycles. The highest BCUT2D eigenvalue weighted by molar-refractivity contribution is 8.04. The highest BCUT2D eigenvalue weighted by Gasteiger charge is 2.58. The number of nitrogens with two attached hydrogens (primary N) is 1.